The molecule has 1 aromatic carbocycles. The highest BCUT2D eigenvalue weighted by Crippen LogP contribution is 2.25. The number of halogens is 2. The molecule has 19 heavy (non-hydrogen) atoms. The third kappa shape index (κ3) is 4.07. The standard InChI is InChI=1S/C11H13F2N3O2S/c1-18-11(10(6-12)15-16-14)8-2-4-9(5-3-8)19(17)7-13/h2-5,10-11H,6-7H2,1H3/t10-,11-,19?/m1/s1. The molecule has 0 radical (unpaired) electrons. The van der Waals surface area contributed by atoms with Crippen molar-refractivity contribution in [2.75, 3.05) is 19.8 Å². The average Bonchev–Trinajstić information content (AvgIpc) is 2.46. The number of hydrogen-bond acceptors (Lipinski definition) is 3. The molecule has 0 heterocycles. The van der Waals surface area contributed by atoms with Gasteiger partial charge in [0, 0.05) is 23.2 Å². The van der Waals surface area contributed by atoms with E-state index >= 15 is 0 Å². The summed E-state index contributed by atoms with van der Waals surface area (Å²) in [4.78, 5) is 2.90. The number of nitrogens with zero attached hydrogens (tertiary/aromatic N) is 3. The van der Waals surface area contributed by atoms with Crippen LogP contribution in [0.15, 0.2) is 34.3 Å². The van der Waals surface area contributed by atoms with Crippen molar-refractivity contribution in [3.63, 3.8) is 0 Å². The highest BCUT2D eigenvalue weighted by molar-refractivity contribution is 7.91. The van der Waals surface area contributed by atoms with Gasteiger partial charge in [-0.3, -0.25) is 4.39 Å². The molecule has 0 fully saturated rings. The van der Waals surface area contributed by atoms with Gasteiger partial charge in [-0.25, -0.2) is 0 Å². The molecule has 0 bridgehead atoms. The van der Waals surface area contributed by atoms with Crippen molar-refractivity contribution in [2.24, 2.45) is 5.11 Å². The molecule has 1 unspecified atom stereocenters. The topological polar surface area (TPSA) is 81.0 Å². The number of alkyl halides is 2. The Balaban J connectivity index is 2.96. The molecule has 1 rings (SSSR count). The van der Waals surface area contributed by atoms with Crippen molar-refractivity contribution in [3.05, 3.63) is 40.3 Å². The van der Waals surface area contributed by atoms with Crippen LogP contribution in [-0.4, -0.2) is 30.4 Å². The minimum Gasteiger partial charge on any atom is -0.609 e. The van der Waals surface area contributed by atoms with Gasteiger partial charge in [-0.2, -0.15) is 4.39 Å². The maximum atomic E-state index is 12.8. The summed E-state index contributed by atoms with van der Waals surface area (Å²) < 4.78 is 41.4. The predicted molar refractivity (Wildman–Crippen MR) is 67.5 cm³/mol. The fourth-order valence-electron chi connectivity index (χ4n) is 1.63. The summed E-state index contributed by atoms with van der Waals surface area (Å²) in [5.74, 6) is 0. The van der Waals surface area contributed by atoms with Crippen LogP contribution in [0, 0.1) is 0 Å². The van der Waals surface area contributed by atoms with Crippen LogP contribution in [0.2, 0.25) is 0 Å². The summed E-state index contributed by atoms with van der Waals surface area (Å²) in [5, 5.41) is 3.32. The second kappa shape index (κ2) is 7.96. The fourth-order valence-corrected chi connectivity index (χ4v) is 2.19. The molecule has 3 atom stereocenters. The van der Waals surface area contributed by atoms with Gasteiger partial charge in [-0.15, -0.1) is 0 Å². The van der Waals surface area contributed by atoms with Gasteiger partial charge in [0.05, 0.1) is 12.1 Å². The first-order valence-corrected chi connectivity index (χ1v) is 6.67. The molecule has 0 aliphatic rings. The Morgan fingerprint density at radius 3 is 2.47 bits per heavy atom. The Bertz CT molecular complexity index is 440. The highest BCUT2D eigenvalue weighted by atomic mass is 32.2. The van der Waals surface area contributed by atoms with E-state index in [2.05, 4.69) is 10.0 Å². The highest BCUT2D eigenvalue weighted by Gasteiger charge is 2.22. The van der Waals surface area contributed by atoms with Gasteiger partial charge in [-0.1, -0.05) is 17.2 Å². The molecule has 0 aliphatic carbocycles. The molecule has 1 aromatic rings. The van der Waals surface area contributed by atoms with Crippen molar-refractivity contribution < 1.29 is 18.1 Å². The first kappa shape index (κ1) is 15.7. The zero-order valence-corrected chi connectivity index (χ0v) is 11.0. The molecule has 0 N–H and O–H groups in total. The Morgan fingerprint density at radius 2 is 2.05 bits per heavy atom. The van der Waals surface area contributed by atoms with Crippen molar-refractivity contribution in [2.45, 2.75) is 17.0 Å². The van der Waals surface area contributed by atoms with E-state index < -0.39 is 36.0 Å². The van der Waals surface area contributed by atoms with E-state index in [9.17, 15) is 13.3 Å². The molecular weight excluding hydrogens is 276 g/mol. The minimum atomic E-state index is -1.69. The Kier molecular flexibility index (Phi) is 6.58. The van der Waals surface area contributed by atoms with Crippen LogP contribution in [0.1, 0.15) is 11.7 Å². The number of benzene rings is 1. The second-order valence-corrected chi connectivity index (χ2v) is 4.99. The average molecular weight is 289 g/mol. The zero-order valence-electron chi connectivity index (χ0n) is 10.2. The molecule has 0 spiro atoms. The summed E-state index contributed by atoms with van der Waals surface area (Å²) >= 11 is -1.69. The Labute approximate surface area is 112 Å². The van der Waals surface area contributed by atoms with Crippen molar-refractivity contribution in [1.29, 1.82) is 0 Å². The molecule has 5 nitrogen and oxygen atoms in total. The maximum Gasteiger partial charge on any atom is 0.248 e. The van der Waals surface area contributed by atoms with Crippen LogP contribution in [0.25, 0.3) is 10.4 Å². The summed E-state index contributed by atoms with van der Waals surface area (Å²) in [6, 6.07) is 4.11. The maximum absolute atomic E-state index is 12.8. The zero-order chi connectivity index (χ0) is 14.3. The number of hydrogen-bond donors (Lipinski definition) is 0. The smallest absolute Gasteiger partial charge is 0.248 e. The molecule has 0 saturated carbocycles. The largest absolute Gasteiger partial charge is 0.609 e. The second-order valence-electron chi connectivity index (χ2n) is 3.61. The lowest BCUT2D eigenvalue weighted by Crippen LogP contribution is -2.20. The Morgan fingerprint density at radius 1 is 1.42 bits per heavy atom. The van der Waals surface area contributed by atoms with Crippen LogP contribution in [0.3, 0.4) is 0 Å². The van der Waals surface area contributed by atoms with Crippen LogP contribution in [0.4, 0.5) is 8.78 Å². The number of ether oxygens (including phenoxy) is 1. The van der Waals surface area contributed by atoms with Crippen molar-refractivity contribution in [1.82, 2.24) is 0 Å². The van der Waals surface area contributed by atoms with E-state index in [1.54, 1.807) is 12.1 Å². The number of rotatable bonds is 7. The van der Waals surface area contributed by atoms with Gasteiger partial charge in [0.1, 0.15) is 6.67 Å². The quantitative estimate of drug-likeness (QED) is 0.334. The van der Waals surface area contributed by atoms with Gasteiger partial charge in [-0.05, 0) is 23.2 Å². The lowest BCUT2D eigenvalue weighted by atomic mass is 10.0. The lowest BCUT2D eigenvalue weighted by Gasteiger charge is -2.20. The predicted octanol–water partition coefficient (Wildman–Crippen LogP) is 3.06. The van der Waals surface area contributed by atoms with E-state index in [-0.39, 0.29) is 0 Å². The first-order valence-electron chi connectivity index (χ1n) is 5.35. The van der Waals surface area contributed by atoms with Gasteiger partial charge in [0.2, 0.25) is 6.01 Å². The third-order valence-electron chi connectivity index (χ3n) is 2.53. The van der Waals surface area contributed by atoms with Gasteiger partial charge in [0.25, 0.3) is 0 Å². The molecular formula is C11H13F2N3O2S. The van der Waals surface area contributed by atoms with Gasteiger partial charge in [0.15, 0.2) is 4.90 Å². The van der Waals surface area contributed by atoms with E-state index in [1.807, 2.05) is 0 Å². The first-order chi connectivity index (χ1) is 9.17. The molecule has 0 saturated heterocycles. The summed E-state index contributed by atoms with van der Waals surface area (Å²) in [6.45, 7) is -0.860. The molecule has 0 aromatic heterocycles. The third-order valence-corrected chi connectivity index (χ3v) is 3.53. The number of methoxy groups -OCH3 is 1. The summed E-state index contributed by atoms with van der Waals surface area (Å²) in [7, 11) is 1.37. The molecule has 8 heteroatoms. The van der Waals surface area contributed by atoms with Crippen LogP contribution >= 0.6 is 0 Å². The fraction of sp³-hybridized carbons (Fsp3) is 0.455. The Hall–Kier alpha value is -1.34. The van der Waals surface area contributed by atoms with Crippen molar-refractivity contribution in [3.8, 4) is 0 Å². The SMILES string of the molecule is CO[C@H](c1ccc([S+]([O-])CF)cc1)[C@@H](CF)N=[N+]=[N-]. The van der Waals surface area contributed by atoms with Gasteiger partial charge >= 0.3 is 0 Å². The van der Waals surface area contributed by atoms with E-state index in [1.165, 1.54) is 19.2 Å². The minimum absolute atomic E-state index is 0.335. The molecule has 0 amide bonds. The van der Waals surface area contributed by atoms with Crippen LogP contribution < -0.4 is 0 Å². The summed E-state index contributed by atoms with van der Waals surface area (Å²) in [6.07, 6.45) is -0.742. The van der Waals surface area contributed by atoms with E-state index in [0.29, 0.717) is 10.5 Å². The van der Waals surface area contributed by atoms with Crippen LogP contribution in [-0.2, 0) is 15.9 Å². The van der Waals surface area contributed by atoms with E-state index in [0.717, 1.165) is 0 Å². The van der Waals surface area contributed by atoms with Crippen LogP contribution in [0.5, 0.6) is 0 Å². The van der Waals surface area contributed by atoms with E-state index in [4.69, 9.17) is 10.3 Å². The summed E-state index contributed by atoms with van der Waals surface area (Å²) in [5.41, 5.74) is 8.93. The molecule has 104 valence electrons. The monoisotopic (exact) mass is 289 g/mol. The lowest BCUT2D eigenvalue weighted by molar-refractivity contribution is 0.0721. The number of azide groups is 1. The van der Waals surface area contributed by atoms with Crippen molar-refractivity contribution >= 4 is 11.2 Å². The molecule has 0 aliphatic heterocycles. The van der Waals surface area contributed by atoms with Gasteiger partial charge < -0.3 is 9.29 Å². The normalized spacial score (nSPS) is 15.4.